The van der Waals surface area contributed by atoms with Gasteiger partial charge in [0.2, 0.25) is 0 Å². The summed E-state index contributed by atoms with van der Waals surface area (Å²) in [6.07, 6.45) is 2.57. The summed E-state index contributed by atoms with van der Waals surface area (Å²) < 4.78 is 15.7. The van der Waals surface area contributed by atoms with Crippen LogP contribution in [0.1, 0.15) is 13.3 Å². The van der Waals surface area contributed by atoms with Crippen LogP contribution in [0.3, 0.4) is 0 Å². The number of ether oxygens (including phenoxy) is 1. The second kappa shape index (κ2) is 9.06. The average molecular weight is 252 g/mol. The zero-order valence-electron chi connectivity index (χ0n) is 9.54. The highest BCUT2D eigenvalue weighted by atomic mass is 32.2. The molecule has 0 heterocycles. The van der Waals surface area contributed by atoms with Crippen LogP contribution in [0.5, 0.6) is 0 Å². The van der Waals surface area contributed by atoms with Crippen molar-refractivity contribution >= 4 is 28.1 Å². The van der Waals surface area contributed by atoms with E-state index < -0.39 is 10.8 Å². The lowest BCUT2D eigenvalue weighted by molar-refractivity contribution is 0.179. The second-order valence-electron chi connectivity index (χ2n) is 3.39. The molecule has 4 nitrogen and oxygen atoms in total. The molecule has 0 rings (SSSR count). The Morgan fingerprint density at radius 2 is 2.27 bits per heavy atom. The lowest BCUT2D eigenvalue weighted by Gasteiger charge is -2.15. The summed E-state index contributed by atoms with van der Waals surface area (Å²) in [5.74, 6) is 0.712. The van der Waals surface area contributed by atoms with E-state index in [0.717, 1.165) is 13.0 Å². The Morgan fingerprint density at radius 1 is 1.60 bits per heavy atom. The van der Waals surface area contributed by atoms with Crippen LogP contribution in [-0.2, 0) is 15.5 Å². The molecular weight excluding hydrogens is 232 g/mol. The summed E-state index contributed by atoms with van der Waals surface area (Å²) in [6, 6.07) is 0.204. The number of hydrogen-bond acceptors (Lipinski definition) is 3. The molecule has 0 spiro atoms. The van der Waals surface area contributed by atoms with Gasteiger partial charge in [0, 0.05) is 42.5 Å². The molecule has 0 amide bonds. The van der Waals surface area contributed by atoms with Crippen molar-refractivity contribution in [1.82, 2.24) is 10.6 Å². The molecule has 0 saturated heterocycles. The number of thiocarbonyl (C=S) groups is 1. The second-order valence-corrected chi connectivity index (χ2v) is 5.35. The van der Waals surface area contributed by atoms with Gasteiger partial charge >= 0.3 is 0 Å². The topological polar surface area (TPSA) is 50.4 Å². The molecule has 0 aromatic carbocycles. The maximum atomic E-state index is 10.8. The summed E-state index contributed by atoms with van der Waals surface area (Å²) >= 11 is 5.07. The van der Waals surface area contributed by atoms with Crippen LogP contribution >= 0.6 is 12.2 Å². The van der Waals surface area contributed by atoms with E-state index >= 15 is 0 Å². The first-order valence-electron chi connectivity index (χ1n) is 4.89. The van der Waals surface area contributed by atoms with Gasteiger partial charge in [-0.05, 0) is 25.6 Å². The first kappa shape index (κ1) is 14.8. The highest BCUT2D eigenvalue weighted by Gasteiger charge is 2.02. The Balaban J connectivity index is 3.44. The van der Waals surface area contributed by atoms with Crippen molar-refractivity contribution in [3.05, 3.63) is 0 Å². The largest absolute Gasteiger partial charge is 0.383 e. The monoisotopic (exact) mass is 252 g/mol. The normalized spacial score (nSPS) is 14.3. The minimum atomic E-state index is -0.718. The van der Waals surface area contributed by atoms with Gasteiger partial charge in [-0.15, -0.1) is 0 Å². The van der Waals surface area contributed by atoms with Gasteiger partial charge in [0.15, 0.2) is 5.11 Å². The third-order valence-corrected chi connectivity index (χ3v) is 2.81. The number of rotatable bonds is 7. The summed E-state index contributed by atoms with van der Waals surface area (Å²) in [4.78, 5) is 0. The molecule has 0 aliphatic heterocycles. The highest BCUT2D eigenvalue weighted by Crippen LogP contribution is 1.84. The van der Waals surface area contributed by atoms with E-state index in [2.05, 4.69) is 10.6 Å². The van der Waals surface area contributed by atoms with Gasteiger partial charge in [0.1, 0.15) is 0 Å². The zero-order chi connectivity index (χ0) is 11.7. The first-order chi connectivity index (χ1) is 7.06. The van der Waals surface area contributed by atoms with Crippen molar-refractivity contribution in [3.8, 4) is 0 Å². The zero-order valence-corrected chi connectivity index (χ0v) is 11.2. The fraction of sp³-hybridized carbons (Fsp3) is 0.889. The molecular formula is C9H20N2O2S2. The van der Waals surface area contributed by atoms with Crippen LogP contribution in [0, 0.1) is 0 Å². The maximum absolute atomic E-state index is 10.8. The van der Waals surface area contributed by atoms with Crippen LogP contribution in [0.15, 0.2) is 0 Å². The maximum Gasteiger partial charge on any atom is 0.166 e. The number of hydrogen-bond donors (Lipinski definition) is 2. The van der Waals surface area contributed by atoms with E-state index in [1.54, 1.807) is 13.4 Å². The highest BCUT2D eigenvalue weighted by molar-refractivity contribution is 7.84. The lowest BCUT2D eigenvalue weighted by atomic mass is 10.4. The van der Waals surface area contributed by atoms with E-state index in [1.165, 1.54) is 0 Å². The molecule has 0 aromatic heterocycles. The van der Waals surface area contributed by atoms with Crippen LogP contribution in [0.4, 0.5) is 0 Å². The van der Waals surface area contributed by atoms with Gasteiger partial charge in [0.05, 0.1) is 6.61 Å². The SMILES string of the molecule is COCC(C)NC(=S)NCCCS(C)=O. The van der Waals surface area contributed by atoms with E-state index in [9.17, 15) is 4.21 Å². The smallest absolute Gasteiger partial charge is 0.166 e. The van der Waals surface area contributed by atoms with Crippen molar-refractivity contribution < 1.29 is 8.95 Å². The van der Waals surface area contributed by atoms with E-state index in [0.29, 0.717) is 17.5 Å². The number of methoxy groups -OCH3 is 1. The summed E-state index contributed by atoms with van der Waals surface area (Å²) in [7, 11) is 0.940. The van der Waals surface area contributed by atoms with Crippen LogP contribution in [0.2, 0.25) is 0 Å². The van der Waals surface area contributed by atoms with Crippen molar-refractivity contribution in [1.29, 1.82) is 0 Å². The molecule has 0 bridgehead atoms. The fourth-order valence-corrected chi connectivity index (χ4v) is 1.90. The van der Waals surface area contributed by atoms with Gasteiger partial charge in [-0.2, -0.15) is 0 Å². The molecule has 0 aromatic rings. The van der Waals surface area contributed by atoms with E-state index in [4.69, 9.17) is 17.0 Å². The third-order valence-electron chi connectivity index (χ3n) is 1.69. The Hall–Kier alpha value is -0.200. The van der Waals surface area contributed by atoms with Crippen LogP contribution < -0.4 is 10.6 Å². The first-order valence-corrected chi connectivity index (χ1v) is 7.03. The van der Waals surface area contributed by atoms with Gasteiger partial charge < -0.3 is 15.4 Å². The van der Waals surface area contributed by atoms with Gasteiger partial charge in [-0.3, -0.25) is 4.21 Å². The van der Waals surface area contributed by atoms with Gasteiger partial charge in [-0.25, -0.2) is 0 Å². The fourth-order valence-electron chi connectivity index (χ4n) is 1.04. The van der Waals surface area contributed by atoms with Crippen LogP contribution in [0.25, 0.3) is 0 Å². The summed E-state index contributed by atoms with van der Waals surface area (Å²) in [6.45, 7) is 3.38. The standard InChI is InChI=1S/C9H20N2O2S2/c1-8(7-13-2)11-9(14)10-5-4-6-15(3)12/h8H,4-7H2,1-3H3,(H2,10,11,14). The molecule has 0 saturated carbocycles. The summed E-state index contributed by atoms with van der Waals surface area (Å²) in [5.41, 5.74) is 0. The molecule has 2 N–H and O–H groups in total. The van der Waals surface area contributed by atoms with Crippen molar-refractivity contribution in [2.75, 3.05) is 32.3 Å². The van der Waals surface area contributed by atoms with E-state index in [-0.39, 0.29) is 6.04 Å². The molecule has 0 aliphatic rings. The molecule has 15 heavy (non-hydrogen) atoms. The van der Waals surface area contributed by atoms with Gasteiger partial charge in [0.25, 0.3) is 0 Å². The molecule has 90 valence electrons. The van der Waals surface area contributed by atoms with Crippen molar-refractivity contribution in [2.45, 2.75) is 19.4 Å². The van der Waals surface area contributed by atoms with Crippen molar-refractivity contribution in [3.63, 3.8) is 0 Å². The average Bonchev–Trinajstić information content (AvgIpc) is 2.12. The Morgan fingerprint density at radius 3 is 2.80 bits per heavy atom. The third kappa shape index (κ3) is 10.1. The Bertz CT molecular complexity index is 212. The minimum absolute atomic E-state index is 0.204. The van der Waals surface area contributed by atoms with Crippen LogP contribution in [-0.4, -0.2) is 47.6 Å². The molecule has 2 atom stereocenters. The lowest BCUT2D eigenvalue weighted by Crippen LogP contribution is -2.42. The predicted octanol–water partition coefficient (Wildman–Crippen LogP) is 0.254. The van der Waals surface area contributed by atoms with E-state index in [1.807, 2.05) is 6.92 Å². The predicted molar refractivity (Wildman–Crippen MR) is 68.6 cm³/mol. The van der Waals surface area contributed by atoms with Crippen molar-refractivity contribution in [2.24, 2.45) is 0 Å². The Kier molecular flexibility index (Phi) is 8.94. The summed E-state index contributed by atoms with van der Waals surface area (Å²) in [5, 5.41) is 6.77. The molecule has 0 fully saturated rings. The molecule has 0 aliphatic carbocycles. The Labute approximate surface area is 99.6 Å². The minimum Gasteiger partial charge on any atom is -0.383 e. The molecule has 0 radical (unpaired) electrons. The number of nitrogens with one attached hydrogen (secondary N) is 2. The molecule has 6 heteroatoms. The molecule has 2 unspecified atom stereocenters. The quantitative estimate of drug-likeness (QED) is 0.503. The van der Waals surface area contributed by atoms with Gasteiger partial charge in [-0.1, -0.05) is 0 Å².